The maximum Gasteiger partial charge on any atom is 0.402 e. The Morgan fingerprint density at radius 2 is 2.00 bits per heavy atom. The zero-order chi connectivity index (χ0) is 13.1. The largest absolute Gasteiger partial charge is 0.402 e. The van der Waals surface area contributed by atoms with Crippen LogP contribution in [0.15, 0.2) is 23.4 Å². The standard InChI is InChI=1S/C8H10F3N3O2S/c9-8(10,11)5-14-17(15,16)7-2-1-6(3-12)4-13-7/h1-2,4,14H,3,5,12H2. The molecule has 0 aliphatic rings. The summed E-state index contributed by atoms with van der Waals surface area (Å²) in [6.07, 6.45) is -3.41. The van der Waals surface area contributed by atoms with Crippen molar-refractivity contribution in [3.8, 4) is 0 Å². The smallest absolute Gasteiger partial charge is 0.326 e. The fourth-order valence-electron chi connectivity index (χ4n) is 0.941. The van der Waals surface area contributed by atoms with Crippen LogP contribution < -0.4 is 10.5 Å². The molecule has 0 amide bonds. The Kier molecular flexibility index (Phi) is 4.07. The predicted octanol–water partition coefficient (Wildman–Crippen LogP) is 0.381. The summed E-state index contributed by atoms with van der Waals surface area (Å²) < 4.78 is 59.7. The topological polar surface area (TPSA) is 85.1 Å². The van der Waals surface area contributed by atoms with Gasteiger partial charge in [0.1, 0.15) is 6.54 Å². The van der Waals surface area contributed by atoms with Gasteiger partial charge in [-0.3, -0.25) is 0 Å². The van der Waals surface area contributed by atoms with Crippen LogP contribution in [0.4, 0.5) is 13.2 Å². The number of alkyl halides is 3. The molecule has 1 aromatic heterocycles. The van der Waals surface area contributed by atoms with Gasteiger partial charge >= 0.3 is 6.18 Å². The van der Waals surface area contributed by atoms with E-state index in [4.69, 9.17) is 5.73 Å². The molecule has 1 heterocycles. The zero-order valence-corrected chi connectivity index (χ0v) is 9.35. The van der Waals surface area contributed by atoms with Gasteiger partial charge < -0.3 is 5.73 Å². The minimum absolute atomic E-state index is 0.170. The first-order chi connectivity index (χ1) is 7.74. The second-order valence-corrected chi connectivity index (χ2v) is 4.86. The van der Waals surface area contributed by atoms with Crippen LogP contribution >= 0.6 is 0 Å². The van der Waals surface area contributed by atoms with Gasteiger partial charge in [0, 0.05) is 12.7 Å². The van der Waals surface area contributed by atoms with Crippen molar-refractivity contribution in [2.24, 2.45) is 5.73 Å². The van der Waals surface area contributed by atoms with E-state index in [0.29, 0.717) is 5.56 Å². The summed E-state index contributed by atoms with van der Waals surface area (Å²) >= 11 is 0. The van der Waals surface area contributed by atoms with Crippen molar-refractivity contribution in [2.75, 3.05) is 6.54 Å². The van der Waals surface area contributed by atoms with Crippen molar-refractivity contribution in [2.45, 2.75) is 17.7 Å². The average Bonchev–Trinajstić information content (AvgIpc) is 2.26. The Hall–Kier alpha value is -1.19. The number of nitrogens with one attached hydrogen (secondary N) is 1. The predicted molar refractivity (Wildman–Crippen MR) is 53.4 cm³/mol. The molecule has 17 heavy (non-hydrogen) atoms. The summed E-state index contributed by atoms with van der Waals surface area (Å²) in [4.78, 5) is 3.52. The first-order valence-electron chi connectivity index (χ1n) is 4.46. The van der Waals surface area contributed by atoms with E-state index in [1.54, 1.807) is 0 Å². The van der Waals surface area contributed by atoms with Crippen molar-refractivity contribution in [1.29, 1.82) is 0 Å². The minimum atomic E-state index is -4.61. The molecule has 0 saturated carbocycles. The van der Waals surface area contributed by atoms with Crippen LogP contribution in [-0.4, -0.2) is 26.1 Å². The molecule has 0 spiro atoms. The van der Waals surface area contributed by atoms with E-state index in [9.17, 15) is 21.6 Å². The Bertz CT molecular complexity index is 470. The highest BCUT2D eigenvalue weighted by Crippen LogP contribution is 2.14. The highest BCUT2D eigenvalue weighted by Gasteiger charge is 2.30. The molecule has 9 heteroatoms. The van der Waals surface area contributed by atoms with Crippen molar-refractivity contribution in [3.05, 3.63) is 23.9 Å². The summed E-state index contributed by atoms with van der Waals surface area (Å²) in [6.45, 7) is -1.46. The Morgan fingerprint density at radius 3 is 2.41 bits per heavy atom. The van der Waals surface area contributed by atoms with Crippen molar-refractivity contribution >= 4 is 10.0 Å². The Balaban J connectivity index is 2.82. The van der Waals surface area contributed by atoms with Crippen LogP contribution in [-0.2, 0) is 16.6 Å². The first-order valence-corrected chi connectivity index (χ1v) is 5.94. The number of nitrogens with two attached hydrogens (primary N) is 1. The second-order valence-electron chi connectivity index (χ2n) is 3.15. The summed E-state index contributed by atoms with van der Waals surface area (Å²) in [5, 5.41) is -0.473. The third-order valence-corrected chi connectivity index (χ3v) is 3.09. The molecule has 0 aromatic carbocycles. The molecule has 0 fully saturated rings. The lowest BCUT2D eigenvalue weighted by Gasteiger charge is -2.08. The highest BCUT2D eigenvalue weighted by atomic mass is 32.2. The van der Waals surface area contributed by atoms with Crippen LogP contribution in [0.25, 0.3) is 0 Å². The number of hydrogen-bond acceptors (Lipinski definition) is 4. The van der Waals surface area contributed by atoms with Crippen LogP contribution in [0, 0.1) is 0 Å². The normalized spacial score (nSPS) is 12.7. The molecule has 0 unspecified atom stereocenters. The molecule has 3 N–H and O–H groups in total. The molecule has 0 aliphatic heterocycles. The van der Waals surface area contributed by atoms with Crippen LogP contribution in [0.1, 0.15) is 5.56 Å². The number of hydrogen-bond donors (Lipinski definition) is 2. The minimum Gasteiger partial charge on any atom is -0.326 e. The molecule has 96 valence electrons. The fraction of sp³-hybridized carbons (Fsp3) is 0.375. The van der Waals surface area contributed by atoms with E-state index in [1.165, 1.54) is 17.0 Å². The molecule has 0 atom stereocenters. The molecule has 0 aliphatic carbocycles. The van der Waals surface area contributed by atoms with Gasteiger partial charge in [0.2, 0.25) is 0 Å². The zero-order valence-electron chi connectivity index (χ0n) is 8.53. The summed E-state index contributed by atoms with van der Waals surface area (Å²) in [5.41, 5.74) is 5.85. The number of sulfonamides is 1. The number of aromatic nitrogens is 1. The molecule has 5 nitrogen and oxygen atoms in total. The molecule has 0 saturated heterocycles. The molecular formula is C8H10F3N3O2S. The van der Waals surface area contributed by atoms with E-state index in [0.717, 1.165) is 6.07 Å². The number of halogens is 3. The number of pyridine rings is 1. The van der Waals surface area contributed by atoms with Gasteiger partial charge in [0.25, 0.3) is 10.0 Å². The van der Waals surface area contributed by atoms with Crippen LogP contribution in [0.2, 0.25) is 0 Å². The molecular weight excluding hydrogens is 259 g/mol. The number of nitrogens with zero attached hydrogens (tertiary/aromatic N) is 1. The van der Waals surface area contributed by atoms with Gasteiger partial charge in [0.15, 0.2) is 5.03 Å². The van der Waals surface area contributed by atoms with Gasteiger partial charge in [0.05, 0.1) is 0 Å². The van der Waals surface area contributed by atoms with Gasteiger partial charge in [-0.1, -0.05) is 6.07 Å². The third-order valence-electron chi connectivity index (χ3n) is 1.77. The second kappa shape index (κ2) is 4.98. The summed E-state index contributed by atoms with van der Waals surface area (Å²) in [6, 6.07) is 2.48. The quantitative estimate of drug-likeness (QED) is 0.827. The Labute approximate surface area is 95.9 Å². The molecule has 0 bridgehead atoms. The molecule has 0 radical (unpaired) electrons. The Morgan fingerprint density at radius 1 is 1.35 bits per heavy atom. The SMILES string of the molecule is NCc1ccc(S(=O)(=O)NCC(F)(F)F)nc1. The van der Waals surface area contributed by atoms with Gasteiger partial charge in [-0.15, -0.1) is 0 Å². The van der Waals surface area contributed by atoms with Gasteiger partial charge in [-0.05, 0) is 11.6 Å². The fourth-order valence-corrected chi connectivity index (χ4v) is 1.88. The maximum absolute atomic E-state index is 11.9. The van der Waals surface area contributed by atoms with Gasteiger partial charge in [-0.25, -0.2) is 18.1 Å². The first kappa shape index (κ1) is 13.9. The van der Waals surface area contributed by atoms with Crippen molar-refractivity contribution < 1.29 is 21.6 Å². The molecule has 1 rings (SSSR count). The van der Waals surface area contributed by atoms with Crippen LogP contribution in [0.3, 0.4) is 0 Å². The maximum atomic E-state index is 11.9. The lowest BCUT2D eigenvalue weighted by molar-refractivity contribution is -0.121. The van der Waals surface area contributed by atoms with E-state index < -0.39 is 27.8 Å². The van der Waals surface area contributed by atoms with Crippen molar-refractivity contribution in [3.63, 3.8) is 0 Å². The number of rotatable bonds is 4. The molecule has 1 aromatic rings. The lowest BCUT2D eigenvalue weighted by atomic mass is 10.3. The van der Waals surface area contributed by atoms with E-state index in [1.807, 2.05) is 0 Å². The summed E-state index contributed by atoms with van der Waals surface area (Å²) in [5.74, 6) is 0. The highest BCUT2D eigenvalue weighted by molar-refractivity contribution is 7.89. The third kappa shape index (κ3) is 4.29. The van der Waals surface area contributed by atoms with Crippen LogP contribution in [0.5, 0.6) is 0 Å². The van der Waals surface area contributed by atoms with E-state index in [-0.39, 0.29) is 6.54 Å². The average molecular weight is 269 g/mol. The lowest BCUT2D eigenvalue weighted by Crippen LogP contribution is -2.34. The monoisotopic (exact) mass is 269 g/mol. The van der Waals surface area contributed by atoms with E-state index >= 15 is 0 Å². The summed E-state index contributed by atoms with van der Waals surface area (Å²) in [7, 11) is -4.24. The van der Waals surface area contributed by atoms with Crippen molar-refractivity contribution in [1.82, 2.24) is 9.71 Å². The van der Waals surface area contributed by atoms with E-state index in [2.05, 4.69) is 4.98 Å². The van der Waals surface area contributed by atoms with Gasteiger partial charge in [-0.2, -0.15) is 13.2 Å².